The topological polar surface area (TPSA) is 104 Å². The minimum absolute atomic E-state index is 0.0245. The zero-order valence-corrected chi connectivity index (χ0v) is 9.96. The Kier molecular flexibility index (Phi) is 3.51. The van der Waals surface area contributed by atoms with Gasteiger partial charge in [-0.1, -0.05) is 11.6 Å². The SMILES string of the molecule is CCS(=O)(=O)N(O)c1ccc(Cl)c(O)c1N. The summed E-state index contributed by atoms with van der Waals surface area (Å²) >= 11 is 5.56. The molecule has 0 saturated heterocycles. The van der Waals surface area contributed by atoms with Crippen LogP contribution in [-0.4, -0.2) is 24.5 Å². The average molecular weight is 267 g/mol. The normalized spacial score (nSPS) is 11.4. The highest BCUT2D eigenvalue weighted by Crippen LogP contribution is 2.37. The number of hydrogen-bond acceptors (Lipinski definition) is 5. The van der Waals surface area contributed by atoms with E-state index in [1.165, 1.54) is 19.1 Å². The number of halogens is 1. The quantitative estimate of drug-likeness (QED) is 0.433. The monoisotopic (exact) mass is 266 g/mol. The molecule has 1 rings (SSSR count). The summed E-state index contributed by atoms with van der Waals surface area (Å²) in [6, 6.07) is 2.43. The molecule has 0 aromatic heterocycles. The number of phenols is 1. The molecule has 1 aromatic carbocycles. The van der Waals surface area contributed by atoms with Crippen molar-refractivity contribution in [2.75, 3.05) is 16.0 Å². The van der Waals surface area contributed by atoms with Crippen LogP contribution in [0.1, 0.15) is 6.92 Å². The van der Waals surface area contributed by atoms with E-state index in [1.54, 1.807) is 0 Å². The number of nitrogen functional groups attached to an aromatic ring is 1. The van der Waals surface area contributed by atoms with Crippen LogP contribution in [0.25, 0.3) is 0 Å². The molecule has 0 aliphatic rings. The highest BCUT2D eigenvalue weighted by Gasteiger charge is 2.22. The lowest BCUT2D eigenvalue weighted by molar-refractivity contribution is 0.316. The van der Waals surface area contributed by atoms with Crippen LogP contribution in [0.2, 0.25) is 5.02 Å². The second-order valence-corrected chi connectivity index (χ2v) is 5.47. The molecule has 1 aromatic rings. The third-order valence-corrected chi connectivity index (χ3v) is 3.74. The van der Waals surface area contributed by atoms with Gasteiger partial charge >= 0.3 is 0 Å². The van der Waals surface area contributed by atoms with Gasteiger partial charge in [0.2, 0.25) is 0 Å². The summed E-state index contributed by atoms with van der Waals surface area (Å²) in [5, 5.41) is 18.8. The lowest BCUT2D eigenvalue weighted by Crippen LogP contribution is -2.29. The van der Waals surface area contributed by atoms with Gasteiger partial charge in [0.1, 0.15) is 11.4 Å². The van der Waals surface area contributed by atoms with Gasteiger partial charge in [0, 0.05) is 0 Å². The number of phenolic OH excluding ortho intramolecular Hbond substituents is 1. The first-order valence-electron chi connectivity index (χ1n) is 4.30. The summed E-state index contributed by atoms with van der Waals surface area (Å²) in [5.74, 6) is -0.767. The van der Waals surface area contributed by atoms with E-state index in [-0.39, 0.29) is 26.6 Å². The van der Waals surface area contributed by atoms with Crippen LogP contribution in [0.3, 0.4) is 0 Å². The fourth-order valence-corrected chi connectivity index (χ4v) is 1.88. The third-order valence-electron chi connectivity index (χ3n) is 1.98. The van der Waals surface area contributed by atoms with Crippen molar-refractivity contribution < 1.29 is 18.7 Å². The van der Waals surface area contributed by atoms with Crippen molar-refractivity contribution in [3.8, 4) is 5.75 Å². The van der Waals surface area contributed by atoms with Crippen LogP contribution >= 0.6 is 11.6 Å². The summed E-state index contributed by atoms with van der Waals surface area (Å²) in [6.45, 7) is 1.37. The van der Waals surface area contributed by atoms with Crippen LogP contribution < -0.4 is 10.2 Å². The van der Waals surface area contributed by atoms with Crippen molar-refractivity contribution in [2.24, 2.45) is 0 Å². The van der Waals surface area contributed by atoms with Gasteiger partial charge in [0.25, 0.3) is 10.0 Å². The van der Waals surface area contributed by atoms with Crippen LogP contribution in [-0.2, 0) is 10.0 Å². The number of nitrogens with two attached hydrogens (primary N) is 1. The Labute approximate surface area is 97.9 Å². The molecule has 0 radical (unpaired) electrons. The highest BCUT2D eigenvalue weighted by molar-refractivity contribution is 7.92. The van der Waals surface area contributed by atoms with Gasteiger partial charge in [-0.05, 0) is 19.1 Å². The van der Waals surface area contributed by atoms with Crippen molar-refractivity contribution in [1.29, 1.82) is 0 Å². The van der Waals surface area contributed by atoms with E-state index in [0.29, 0.717) is 0 Å². The molecule has 0 fully saturated rings. The van der Waals surface area contributed by atoms with Crippen LogP contribution in [0.4, 0.5) is 11.4 Å². The van der Waals surface area contributed by atoms with E-state index >= 15 is 0 Å². The molecule has 0 spiro atoms. The number of sulfonamides is 1. The molecule has 16 heavy (non-hydrogen) atoms. The molecule has 8 heteroatoms. The minimum atomic E-state index is -3.85. The zero-order chi connectivity index (χ0) is 12.5. The molecule has 6 nitrogen and oxygen atoms in total. The second kappa shape index (κ2) is 4.36. The Balaban J connectivity index is 3.31. The van der Waals surface area contributed by atoms with Gasteiger partial charge < -0.3 is 10.8 Å². The molecule has 0 aliphatic heterocycles. The molecule has 4 N–H and O–H groups in total. The maximum Gasteiger partial charge on any atom is 0.257 e. The van der Waals surface area contributed by atoms with E-state index in [1.807, 2.05) is 0 Å². The van der Waals surface area contributed by atoms with Crippen molar-refractivity contribution in [1.82, 2.24) is 0 Å². The van der Waals surface area contributed by atoms with Gasteiger partial charge in [-0.2, -0.15) is 0 Å². The number of nitrogens with zero attached hydrogens (tertiary/aromatic N) is 1. The predicted octanol–water partition coefficient (Wildman–Crippen LogP) is 1.17. The number of rotatable bonds is 3. The summed E-state index contributed by atoms with van der Waals surface area (Å²) in [6.07, 6.45) is 0. The Morgan fingerprint density at radius 2 is 2.06 bits per heavy atom. The first-order valence-corrected chi connectivity index (χ1v) is 6.28. The minimum Gasteiger partial charge on any atom is -0.504 e. The lowest BCUT2D eigenvalue weighted by atomic mass is 10.2. The van der Waals surface area contributed by atoms with E-state index < -0.39 is 15.8 Å². The molecule has 0 unspecified atom stereocenters. The number of hydrogen-bond donors (Lipinski definition) is 3. The number of anilines is 2. The molecule has 90 valence electrons. The van der Waals surface area contributed by atoms with Crippen molar-refractivity contribution in [3.05, 3.63) is 17.2 Å². The van der Waals surface area contributed by atoms with Gasteiger partial charge in [-0.15, -0.1) is 4.47 Å². The van der Waals surface area contributed by atoms with E-state index in [9.17, 15) is 18.7 Å². The maximum atomic E-state index is 11.4. The lowest BCUT2D eigenvalue weighted by Gasteiger charge is -2.18. The summed E-state index contributed by atoms with van der Waals surface area (Å²) in [7, 11) is -3.85. The van der Waals surface area contributed by atoms with Crippen LogP contribution in [0.5, 0.6) is 5.75 Å². The predicted molar refractivity (Wildman–Crippen MR) is 61.3 cm³/mol. The van der Waals surface area contributed by atoms with Gasteiger partial charge in [-0.3, -0.25) is 5.21 Å². The molecule has 0 heterocycles. The summed E-state index contributed by atoms with van der Waals surface area (Å²) < 4.78 is 22.7. The van der Waals surface area contributed by atoms with Crippen LogP contribution in [0.15, 0.2) is 12.1 Å². The van der Waals surface area contributed by atoms with Gasteiger partial charge in [0.15, 0.2) is 5.75 Å². The van der Waals surface area contributed by atoms with E-state index in [0.717, 1.165) is 0 Å². The Bertz CT molecular complexity index is 503. The molecular formula is C8H11ClN2O4S. The molecular weight excluding hydrogens is 256 g/mol. The first-order chi connectivity index (χ1) is 7.31. The average Bonchev–Trinajstić information content (AvgIpc) is 2.25. The summed E-state index contributed by atoms with van der Waals surface area (Å²) in [5.41, 5.74) is 4.90. The third kappa shape index (κ3) is 2.16. The molecule has 0 amide bonds. The van der Waals surface area contributed by atoms with Crippen molar-refractivity contribution in [3.63, 3.8) is 0 Å². The fraction of sp³-hybridized carbons (Fsp3) is 0.250. The molecule has 0 saturated carbocycles. The maximum absolute atomic E-state index is 11.4. The molecule has 0 aliphatic carbocycles. The zero-order valence-electron chi connectivity index (χ0n) is 8.38. The molecule has 0 atom stereocenters. The highest BCUT2D eigenvalue weighted by atomic mass is 35.5. The molecule has 0 bridgehead atoms. The fourth-order valence-electron chi connectivity index (χ4n) is 1.01. The second-order valence-electron chi connectivity index (χ2n) is 2.97. The standard InChI is InChI=1S/C8H11ClN2O4S/c1-2-16(14,15)11(13)6-4-3-5(9)8(12)7(6)10/h3-4,12-13H,2,10H2,1H3. The van der Waals surface area contributed by atoms with Crippen molar-refractivity contribution in [2.45, 2.75) is 6.92 Å². The van der Waals surface area contributed by atoms with Crippen molar-refractivity contribution >= 4 is 33.0 Å². The summed E-state index contributed by atoms with van der Waals surface area (Å²) in [4.78, 5) is 0. The Morgan fingerprint density at radius 1 is 1.50 bits per heavy atom. The smallest absolute Gasteiger partial charge is 0.257 e. The number of aromatic hydroxyl groups is 1. The largest absolute Gasteiger partial charge is 0.504 e. The Hall–Kier alpha value is -1.18. The van der Waals surface area contributed by atoms with Crippen LogP contribution in [0, 0.1) is 0 Å². The Morgan fingerprint density at radius 3 is 2.56 bits per heavy atom. The van der Waals surface area contributed by atoms with E-state index in [2.05, 4.69) is 0 Å². The van der Waals surface area contributed by atoms with E-state index in [4.69, 9.17) is 17.3 Å². The first kappa shape index (κ1) is 12.9. The number of benzene rings is 1. The van der Waals surface area contributed by atoms with Gasteiger partial charge in [-0.25, -0.2) is 8.42 Å². The van der Waals surface area contributed by atoms with Gasteiger partial charge in [0.05, 0.1) is 10.8 Å².